The van der Waals surface area contributed by atoms with Crippen LogP contribution in [-0.2, 0) is 6.42 Å². The Kier molecular flexibility index (Phi) is 8.05. The number of benzene rings is 4. The number of halogens is 1. The van der Waals surface area contributed by atoms with Gasteiger partial charge in [-0.25, -0.2) is 9.59 Å². The predicted octanol–water partition coefficient (Wildman–Crippen LogP) is 5.82. The zero-order valence-corrected chi connectivity index (χ0v) is 19.9. The lowest BCUT2D eigenvalue weighted by Crippen LogP contribution is -2.12. The molecule has 0 amide bonds. The Balaban J connectivity index is 0.00000324. The van der Waals surface area contributed by atoms with Crippen LogP contribution in [0, 0.1) is 13.8 Å². The van der Waals surface area contributed by atoms with Crippen LogP contribution in [0.25, 0.3) is 10.8 Å². The zero-order chi connectivity index (χ0) is 23.4. The lowest BCUT2D eigenvalue weighted by molar-refractivity contribution is 0.0683. The van der Waals surface area contributed by atoms with E-state index in [0.29, 0.717) is 17.7 Å². The highest BCUT2D eigenvalue weighted by molar-refractivity contribution is 5.95. The van der Waals surface area contributed by atoms with Crippen molar-refractivity contribution in [1.29, 1.82) is 0 Å². The molecule has 5 nitrogen and oxygen atoms in total. The normalized spacial score (nSPS) is 10.4. The highest BCUT2D eigenvalue weighted by Crippen LogP contribution is 2.34. The topological polar surface area (TPSA) is 78.6 Å². The first-order valence-corrected chi connectivity index (χ1v) is 10.8. The number of rotatable bonds is 6. The molecule has 0 heterocycles. The first kappa shape index (κ1) is 25.0. The molecule has 0 bridgehead atoms. The van der Waals surface area contributed by atoms with E-state index in [2.05, 4.69) is 0 Å². The summed E-state index contributed by atoms with van der Waals surface area (Å²) in [7, 11) is 0. The molecule has 2 N–H and O–H groups in total. The Morgan fingerprint density at radius 2 is 1.15 bits per heavy atom. The summed E-state index contributed by atoms with van der Waals surface area (Å²) in [6, 6.07) is 23.5. The maximum absolute atomic E-state index is 12.8. The van der Waals surface area contributed by atoms with E-state index in [1.165, 1.54) is 0 Å². The number of ether oxygens (including phenoxy) is 2. The van der Waals surface area contributed by atoms with E-state index in [4.69, 9.17) is 15.2 Å². The fourth-order valence-corrected chi connectivity index (χ4v) is 3.48. The molecule has 0 fully saturated rings. The summed E-state index contributed by atoms with van der Waals surface area (Å²) < 4.78 is 11.4. The molecule has 0 aliphatic heterocycles. The van der Waals surface area contributed by atoms with Gasteiger partial charge in [0.25, 0.3) is 0 Å². The lowest BCUT2D eigenvalue weighted by Gasteiger charge is -2.13. The number of nitrogens with two attached hydrogens (primary N) is 1. The van der Waals surface area contributed by atoms with Crippen molar-refractivity contribution >= 4 is 35.1 Å². The van der Waals surface area contributed by atoms with Crippen molar-refractivity contribution in [1.82, 2.24) is 0 Å². The summed E-state index contributed by atoms with van der Waals surface area (Å²) in [4.78, 5) is 25.6. The van der Waals surface area contributed by atoms with Gasteiger partial charge in [-0.2, -0.15) is 0 Å². The van der Waals surface area contributed by atoms with Crippen molar-refractivity contribution in [2.45, 2.75) is 20.3 Å². The predicted molar refractivity (Wildman–Crippen MR) is 136 cm³/mol. The fraction of sp³-hybridized carbons (Fsp3) is 0.143. The summed E-state index contributed by atoms with van der Waals surface area (Å²) in [6.45, 7) is 4.42. The van der Waals surface area contributed by atoms with Gasteiger partial charge in [0.05, 0.1) is 11.1 Å². The van der Waals surface area contributed by atoms with Gasteiger partial charge < -0.3 is 15.2 Å². The third kappa shape index (κ3) is 5.81. The van der Waals surface area contributed by atoms with Crippen molar-refractivity contribution in [2.24, 2.45) is 5.73 Å². The van der Waals surface area contributed by atoms with E-state index >= 15 is 0 Å². The van der Waals surface area contributed by atoms with Gasteiger partial charge in [-0.15, -0.1) is 12.4 Å². The molecule has 0 atom stereocenters. The minimum absolute atomic E-state index is 0. The molecule has 174 valence electrons. The van der Waals surface area contributed by atoms with Gasteiger partial charge in [0, 0.05) is 0 Å². The minimum Gasteiger partial charge on any atom is -0.419 e. The molecule has 34 heavy (non-hydrogen) atoms. The second kappa shape index (κ2) is 11.0. The molecule has 6 heteroatoms. The first-order valence-electron chi connectivity index (χ1n) is 10.8. The molecule has 4 aromatic rings. The van der Waals surface area contributed by atoms with Crippen LogP contribution in [0.5, 0.6) is 11.5 Å². The maximum atomic E-state index is 12.8. The number of aryl methyl sites for hydroxylation is 2. The molecular formula is C28H26ClNO4. The summed E-state index contributed by atoms with van der Waals surface area (Å²) in [5.41, 5.74) is 9.67. The van der Waals surface area contributed by atoms with Crippen LogP contribution < -0.4 is 15.2 Å². The van der Waals surface area contributed by atoms with E-state index < -0.39 is 11.9 Å². The Morgan fingerprint density at radius 3 is 1.62 bits per heavy atom. The molecular weight excluding hydrogens is 450 g/mol. The second-order valence-corrected chi connectivity index (χ2v) is 8.03. The smallest absolute Gasteiger partial charge is 0.343 e. The molecule has 0 aromatic heterocycles. The summed E-state index contributed by atoms with van der Waals surface area (Å²) in [5, 5.41) is 1.72. The summed E-state index contributed by atoms with van der Waals surface area (Å²) >= 11 is 0. The quantitative estimate of drug-likeness (QED) is 0.281. The highest BCUT2D eigenvalue weighted by atomic mass is 35.5. The third-order valence-electron chi connectivity index (χ3n) is 5.38. The largest absolute Gasteiger partial charge is 0.419 e. The Bertz CT molecular complexity index is 1320. The van der Waals surface area contributed by atoms with E-state index in [0.717, 1.165) is 33.9 Å². The average molecular weight is 476 g/mol. The number of hydrogen-bond donors (Lipinski definition) is 1. The average Bonchev–Trinajstić information content (AvgIpc) is 2.80. The van der Waals surface area contributed by atoms with Crippen LogP contribution in [0.3, 0.4) is 0 Å². The monoisotopic (exact) mass is 475 g/mol. The first-order chi connectivity index (χ1) is 15.9. The van der Waals surface area contributed by atoms with Gasteiger partial charge in [-0.1, -0.05) is 53.6 Å². The molecule has 4 rings (SSSR count). The van der Waals surface area contributed by atoms with Gasteiger partial charge in [-0.05, 0) is 79.5 Å². The van der Waals surface area contributed by atoms with Crippen molar-refractivity contribution in [3.63, 3.8) is 0 Å². The van der Waals surface area contributed by atoms with Gasteiger partial charge in [0.1, 0.15) is 0 Å². The fourth-order valence-electron chi connectivity index (χ4n) is 3.48. The van der Waals surface area contributed by atoms with Gasteiger partial charge >= 0.3 is 11.9 Å². The van der Waals surface area contributed by atoms with E-state index in [9.17, 15) is 9.59 Å². The van der Waals surface area contributed by atoms with Crippen LogP contribution >= 0.6 is 12.4 Å². The van der Waals surface area contributed by atoms with Gasteiger partial charge in [0.2, 0.25) is 0 Å². The number of carbonyl (C=O) groups excluding carboxylic acids is 2. The van der Waals surface area contributed by atoms with E-state index in [-0.39, 0.29) is 23.9 Å². The van der Waals surface area contributed by atoms with Crippen LogP contribution in [-0.4, -0.2) is 18.5 Å². The summed E-state index contributed by atoms with van der Waals surface area (Å²) in [5.74, 6) is -0.694. The SMILES string of the molecule is Cc1ccc(C(=O)Oc2cc3ccc(CCN)cc3cc2OC(=O)c2ccc(C)cc2)cc1.Cl. The Morgan fingerprint density at radius 1 is 0.676 bits per heavy atom. The van der Waals surface area contributed by atoms with Crippen molar-refractivity contribution in [2.75, 3.05) is 6.54 Å². The molecule has 0 aliphatic rings. The summed E-state index contributed by atoms with van der Waals surface area (Å²) in [6.07, 6.45) is 0.735. The zero-order valence-electron chi connectivity index (χ0n) is 19.0. The minimum atomic E-state index is -0.528. The standard InChI is InChI=1S/C28H25NO4.ClH/c1-18-3-8-21(9-4-18)27(30)32-25-16-23-12-7-20(13-14-29)15-24(23)17-26(25)33-28(31)22-10-5-19(2)6-11-22;/h3-12,15-17H,13-14,29H2,1-2H3;1H. The van der Waals surface area contributed by atoms with Gasteiger partial charge in [-0.3, -0.25) is 0 Å². The van der Waals surface area contributed by atoms with Crippen LogP contribution in [0.2, 0.25) is 0 Å². The number of carbonyl (C=O) groups is 2. The van der Waals surface area contributed by atoms with Crippen molar-refractivity contribution in [3.05, 3.63) is 107 Å². The van der Waals surface area contributed by atoms with Crippen molar-refractivity contribution in [3.8, 4) is 11.5 Å². The number of esters is 2. The second-order valence-electron chi connectivity index (χ2n) is 8.03. The molecule has 0 aliphatic carbocycles. The molecule has 0 spiro atoms. The van der Waals surface area contributed by atoms with Crippen LogP contribution in [0.1, 0.15) is 37.4 Å². The molecule has 0 radical (unpaired) electrons. The van der Waals surface area contributed by atoms with E-state index in [1.807, 2.05) is 56.3 Å². The van der Waals surface area contributed by atoms with Crippen molar-refractivity contribution < 1.29 is 19.1 Å². The molecule has 0 saturated heterocycles. The Hall–Kier alpha value is -3.67. The van der Waals surface area contributed by atoms with E-state index in [1.54, 1.807) is 36.4 Å². The highest BCUT2D eigenvalue weighted by Gasteiger charge is 2.18. The maximum Gasteiger partial charge on any atom is 0.343 e. The lowest BCUT2D eigenvalue weighted by atomic mass is 10.0. The molecule has 0 saturated carbocycles. The number of hydrogen-bond acceptors (Lipinski definition) is 5. The van der Waals surface area contributed by atoms with Crippen LogP contribution in [0.15, 0.2) is 78.9 Å². The third-order valence-corrected chi connectivity index (χ3v) is 5.38. The molecule has 0 unspecified atom stereocenters. The number of fused-ring (bicyclic) bond motifs is 1. The van der Waals surface area contributed by atoms with Crippen LogP contribution in [0.4, 0.5) is 0 Å². The molecule has 4 aromatic carbocycles. The Labute approximate surface area is 204 Å². The van der Waals surface area contributed by atoms with Gasteiger partial charge in [0.15, 0.2) is 11.5 Å².